The second-order valence-electron chi connectivity index (χ2n) is 19.3. The molecule has 0 saturated heterocycles. The SMILES string of the molecule is C=CC(=O)OC.C=CC(=O)Oc1ccc2ncnc(C)c2c1.CC.CO.Cc1ccc2ncnc(C)c2c1.Cc1ncnc2c1sc1ccccc12.Cc1ncnc2c1sc1ccccc12.Cc1ncnc2c1sc1ccccc12.Cc1ncnc2ccc(O)cc12. The highest BCUT2D eigenvalue weighted by molar-refractivity contribution is 7.26. The lowest BCUT2D eigenvalue weighted by Gasteiger charge is -2.04. The highest BCUT2D eigenvalue weighted by Gasteiger charge is 2.11. The number of hydrogen-bond donors (Lipinski definition) is 2. The summed E-state index contributed by atoms with van der Waals surface area (Å²) < 4.78 is 16.6. The lowest BCUT2D eigenvalue weighted by Crippen LogP contribution is -2.03. The zero-order valence-corrected chi connectivity index (χ0v) is 55.2. The zero-order valence-electron chi connectivity index (χ0n) is 52.8. The van der Waals surface area contributed by atoms with Crippen LogP contribution in [0.25, 0.3) is 93.6 Å². The summed E-state index contributed by atoms with van der Waals surface area (Å²) in [6.07, 6.45) is 11.8. The molecule has 18 nitrogen and oxygen atoms in total. The number of aromatic hydroxyl groups is 1. The van der Waals surface area contributed by atoms with Gasteiger partial charge in [0, 0.05) is 82.8 Å². The van der Waals surface area contributed by atoms with Crippen LogP contribution in [-0.2, 0) is 14.3 Å². The molecule has 9 heterocycles. The van der Waals surface area contributed by atoms with Gasteiger partial charge in [-0.1, -0.05) is 93.2 Å². The minimum absolute atomic E-state index is 0.250. The molecular formula is C71H68N12O6S3. The number of carbonyl (C=O) groups is 2. The van der Waals surface area contributed by atoms with Crippen LogP contribution < -0.4 is 4.74 Å². The molecule has 0 bridgehead atoms. The quantitative estimate of drug-likeness (QED) is 0.0948. The zero-order chi connectivity index (χ0) is 66.3. The number of thiophene rings is 3. The van der Waals surface area contributed by atoms with Crippen molar-refractivity contribution in [3.63, 3.8) is 0 Å². The minimum atomic E-state index is -0.478. The Morgan fingerprint density at radius 2 is 0.739 bits per heavy atom. The van der Waals surface area contributed by atoms with E-state index in [1.165, 1.54) is 69.7 Å². The fourth-order valence-electron chi connectivity index (χ4n) is 8.85. The lowest BCUT2D eigenvalue weighted by molar-refractivity contribution is -0.134. The number of aliphatic hydroxyl groups excluding tert-OH is 1. The predicted octanol–water partition coefficient (Wildman–Crippen LogP) is 16.4. The number of nitrogens with zero attached hydrogens (tertiary/aromatic N) is 12. The number of ether oxygens (including phenoxy) is 2. The normalized spacial score (nSPS) is 10.2. The van der Waals surface area contributed by atoms with Gasteiger partial charge in [-0.25, -0.2) is 69.4 Å². The van der Waals surface area contributed by atoms with E-state index in [9.17, 15) is 14.7 Å². The van der Waals surface area contributed by atoms with Gasteiger partial charge in [-0.2, -0.15) is 0 Å². The third-order valence-corrected chi connectivity index (χ3v) is 17.2. The summed E-state index contributed by atoms with van der Waals surface area (Å²) in [5, 5.41) is 22.8. The van der Waals surface area contributed by atoms with Crippen LogP contribution >= 0.6 is 34.0 Å². The smallest absolute Gasteiger partial charge is 0.335 e. The van der Waals surface area contributed by atoms with Crippen LogP contribution in [0.1, 0.15) is 53.6 Å². The topological polar surface area (TPSA) is 248 Å². The third kappa shape index (κ3) is 17.4. The maximum atomic E-state index is 11.0. The molecule has 0 aliphatic rings. The van der Waals surface area contributed by atoms with E-state index in [0.29, 0.717) is 5.75 Å². The number of phenolic OH excluding ortho intramolecular Hbond substituents is 1. The molecule has 0 aliphatic heterocycles. The monoisotopic (exact) mass is 1280 g/mol. The first-order chi connectivity index (χ1) is 44.6. The molecule has 0 radical (unpaired) electrons. The van der Waals surface area contributed by atoms with Crippen molar-refractivity contribution < 1.29 is 29.3 Å². The number of esters is 2. The number of aryl methyl sites for hydroxylation is 7. The Morgan fingerprint density at radius 3 is 1.12 bits per heavy atom. The van der Waals surface area contributed by atoms with E-state index >= 15 is 0 Å². The molecule has 2 N–H and O–H groups in total. The molecule has 0 fully saturated rings. The second kappa shape index (κ2) is 33.8. The number of phenols is 1. The molecule has 6 aromatic carbocycles. The second-order valence-corrected chi connectivity index (χ2v) is 22.5. The predicted molar refractivity (Wildman–Crippen MR) is 376 cm³/mol. The lowest BCUT2D eigenvalue weighted by atomic mass is 10.1. The number of methoxy groups -OCH3 is 1. The van der Waals surface area contributed by atoms with Crippen molar-refractivity contribution in [2.24, 2.45) is 0 Å². The number of hydrogen-bond acceptors (Lipinski definition) is 21. The van der Waals surface area contributed by atoms with Crippen molar-refractivity contribution in [3.05, 3.63) is 230 Å². The fraction of sp³-hybridized carbons (Fsp3) is 0.155. The first kappa shape index (κ1) is 68.9. The Bertz CT molecular complexity index is 4670. The first-order valence-corrected chi connectivity index (χ1v) is 31.1. The summed E-state index contributed by atoms with van der Waals surface area (Å²) in [4.78, 5) is 71.0. The summed E-state index contributed by atoms with van der Waals surface area (Å²) in [6.45, 7) is 24.4. The van der Waals surface area contributed by atoms with Crippen molar-refractivity contribution in [3.8, 4) is 11.5 Å². The summed E-state index contributed by atoms with van der Waals surface area (Å²) in [7, 11) is 2.31. The molecule has 0 aliphatic carbocycles. The van der Waals surface area contributed by atoms with Gasteiger partial charge in [0.25, 0.3) is 0 Å². The number of aliphatic hydroxyl groups is 1. The molecule has 0 unspecified atom stereocenters. The Morgan fingerprint density at radius 1 is 0.402 bits per heavy atom. The Hall–Kier alpha value is -10.6. The van der Waals surface area contributed by atoms with Gasteiger partial charge >= 0.3 is 11.9 Å². The Labute approximate surface area is 543 Å². The third-order valence-electron chi connectivity index (χ3n) is 13.4. The molecule has 0 saturated carbocycles. The number of rotatable bonds is 3. The first-order valence-electron chi connectivity index (χ1n) is 28.7. The van der Waals surface area contributed by atoms with Crippen molar-refractivity contribution in [1.82, 2.24) is 59.8 Å². The molecule has 0 spiro atoms. The van der Waals surface area contributed by atoms with Crippen LogP contribution in [0.5, 0.6) is 11.5 Å². The molecule has 21 heteroatoms. The van der Waals surface area contributed by atoms with E-state index in [1.54, 1.807) is 95.7 Å². The molecular weight excluding hydrogens is 1210 g/mol. The van der Waals surface area contributed by atoms with Gasteiger partial charge in [-0.15, -0.1) is 34.0 Å². The fourth-order valence-corrected chi connectivity index (χ4v) is 12.2. The van der Waals surface area contributed by atoms with E-state index in [4.69, 9.17) is 9.84 Å². The molecule has 15 rings (SSSR count). The molecule has 15 aromatic rings. The molecule has 0 amide bonds. The van der Waals surface area contributed by atoms with E-state index < -0.39 is 11.9 Å². The molecule has 466 valence electrons. The van der Waals surface area contributed by atoms with Crippen LogP contribution in [0.15, 0.2) is 191 Å². The van der Waals surface area contributed by atoms with Crippen LogP contribution in [0.3, 0.4) is 0 Å². The van der Waals surface area contributed by atoms with Gasteiger partial charge < -0.3 is 19.7 Å². The highest BCUT2D eigenvalue weighted by atomic mass is 32.1. The van der Waals surface area contributed by atoms with Gasteiger partial charge in [0.1, 0.15) is 49.5 Å². The van der Waals surface area contributed by atoms with Gasteiger partial charge in [-0.05, 0) is 115 Å². The minimum Gasteiger partial charge on any atom is -0.508 e. The van der Waals surface area contributed by atoms with Crippen molar-refractivity contribution in [2.75, 3.05) is 14.2 Å². The largest absolute Gasteiger partial charge is 0.508 e. The van der Waals surface area contributed by atoms with E-state index in [2.05, 4.69) is 151 Å². The van der Waals surface area contributed by atoms with Gasteiger partial charge in [-0.3, -0.25) is 0 Å². The van der Waals surface area contributed by atoms with Crippen LogP contribution in [0.2, 0.25) is 0 Å². The average molecular weight is 1280 g/mol. The van der Waals surface area contributed by atoms with Crippen LogP contribution in [0, 0.1) is 48.5 Å². The van der Waals surface area contributed by atoms with Crippen LogP contribution in [-0.4, -0.2) is 96.2 Å². The highest BCUT2D eigenvalue weighted by Crippen LogP contribution is 2.35. The van der Waals surface area contributed by atoms with Gasteiger partial charge in [0.2, 0.25) is 0 Å². The Balaban J connectivity index is 0.000000152. The summed E-state index contributed by atoms with van der Waals surface area (Å²) in [5.74, 6) is -0.153. The van der Waals surface area contributed by atoms with Crippen molar-refractivity contribution in [1.29, 1.82) is 0 Å². The summed E-state index contributed by atoms with van der Waals surface area (Å²) in [6, 6.07) is 41.5. The molecule has 9 aromatic heterocycles. The van der Waals surface area contributed by atoms with Crippen LogP contribution in [0.4, 0.5) is 0 Å². The average Bonchev–Trinajstić information content (AvgIpc) is 1.64. The van der Waals surface area contributed by atoms with Gasteiger partial charge in [0.15, 0.2) is 0 Å². The standard InChI is InChI=1S/C12H10N2O2.3C11H8N2S.C10H10N2.C9H8N2O.C4H6O2.C2H6.CH4O/c1-3-12(15)16-9-4-5-11-10(6-9)8(2)13-7-14-11;3*1-7-11-10(13-6-12-7)8-4-2-3-5-9(8)14-11;1-7-3-4-10-9(5-7)8(2)11-6-12-10;1-6-8-4-7(12)2-3-9(8)11-5-10-6;1-3-4(5)6-2;2*1-2/h3-7H,1H2,2H3;3*2-6H,1H3;3-6H,1-2H3;2-5,12H,1H3;3H,1H2,2H3;1-2H3;2H,1H3. The summed E-state index contributed by atoms with van der Waals surface area (Å²) >= 11 is 5.29. The van der Waals surface area contributed by atoms with E-state index in [-0.39, 0.29) is 5.75 Å². The van der Waals surface area contributed by atoms with Gasteiger partial charge in [0.05, 0.1) is 71.4 Å². The number of benzene rings is 6. The van der Waals surface area contributed by atoms with E-state index in [0.717, 1.165) is 103 Å². The number of aromatic nitrogens is 12. The number of fused-ring (bicyclic) bond motifs is 12. The molecule has 0 atom stereocenters. The van der Waals surface area contributed by atoms with Crippen molar-refractivity contribution >= 4 is 140 Å². The molecule has 92 heavy (non-hydrogen) atoms. The summed E-state index contributed by atoms with van der Waals surface area (Å²) in [5.41, 5.74) is 13.2. The number of carbonyl (C=O) groups excluding carboxylic acids is 2. The van der Waals surface area contributed by atoms with E-state index in [1.807, 2.05) is 79.7 Å². The Kier molecular flexibility index (Phi) is 25.3. The van der Waals surface area contributed by atoms with Crippen molar-refractivity contribution in [2.45, 2.75) is 62.3 Å². The maximum Gasteiger partial charge on any atom is 0.335 e. The maximum absolute atomic E-state index is 11.0.